The lowest BCUT2D eigenvalue weighted by atomic mass is 9.95. The lowest BCUT2D eigenvalue weighted by Crippen LogP contribution is -2.55. The maximum absolute atomic E-state index is 14.1. The monoisotopic (exact) mass is 743 g/mol. The summed E-state index contributed by atoms with van der Waals surface area (Å²) in [6, 6.07) is 20.1. The van der Waals surface area contributed by atoms with Gasteiger partial charge in [0.15, 0.2) is 5.65 Å². The molecule has 4 aliphatic heterocycles. The quantitative estimate of drug-likeness (QED) is 0.205. The van der Waals surface area contributed by atoms with E-state index in [9.17, 15) is 28.7 Å². The number of anilines is 3. The van der Waals surface area contributed by atoms with Gasteiger partial charge in [0.1, 0.15) is 35.4 Å². The molecule has 9 rings (SSSR count). The maximum atomic E-state index is 14.1. The third-order valence-corrected chi connectivity index (χ3v) is 11.1. The summed E-state index contributed by atoms with van der Waals surface area (Å²) in [6.45, 7) is 2.02. The van der Waals surface area contributed by atoms with E-state index in [0.717, 1.165) is 47.2 Å². The zero-order valence-electron chi connectivity index (χ0n) is 29.8. The SMILES string of the molecule is O=C(Nc1ccc2c(c1)C(=O)N(C1CCC(O)NC1=O)C2=O)C1CCN(c2cccc(-c3cnc4ccc(N5CCC[C@@H]5c5cccc(F)c5)nn34)n2)CC1. The Morgan fingerprint density at radius 3 is 2.47 bits per heavy atom. The molecular weight excluding hydrogens is 705 g/mol. The number of carbonyl (C=O) groups excluding carboxylic acids is 4. The molecule has 2 aromatic carbocycles. The van der Waals surface area contributed by atoms with Gasteiger partial charge in [-0.1, -0.05) is 18.2 Å². The zero-order chi connectivity index (χ0) is 37.8. The van der Waals surface area contributed by atoms with Gasteiger partial charge in [0.25, 0.3) is 11.8 Å². The molecule has 2 unspecified atom stereocenters. The Kier molecular flexibility index (Phi) is 8.72. The standard InChI is InChI=1S/C40H38FN9O5/c41-25-5-1-4-24(20-25)30-7-3-17-48(30)35-13-12-33-42-22-32(50(33)46-35)29-6-2-8-34(44-29)47-18-15-23(16-19-47)37(52)43-26-9-10-27-28(21-26)40(55)49(39(27)54)31-11-14-36(51)45-38(31)53/h1-2,4-6,8-10,12-13,20-23,30-31,36,51H,3,7,11,14-19H2,(H,43,52)(H,45,53)/t30-,31?,36?/m1/s1. The molecule has 7 heterocycles. The summed E-state index contributed by atoms with van der Waals surface area (Å²) in [6.07, 6.45) is 4.21. The van der Waals surface area contributed by atoms with Crippen LogP contribution in [0.1, 0.15) is 70.8 Å². The minimum Gasteiger partial charge on any atom is -0.374 e. The van der Waals surface area contributed by atoms with Crippen molar-refractivity contribution in [3.63, 3.8) is 0 Å². The van der Waals surface area contributed by atoms with Crippen LogP contribution in [0.25, 0.3) is 17.0 Å². The first kappa shape index (κ1) is 34.5. The molecule has 280 valence electrons. The number of piperidine rings is 2. The smallest absolute Gasteiger partial charge is 0.262 e. The number of rotatable bonds is 7. The highest BCUT2D eigenvalue weighted by molar-refractivity contribution is 6.23. The number of carbonyl (C=O) groups is 4. The fourth-order valence-corrected chi connectivity index (χ4v) is 8.30. The Bertz CT molecular complexity index is 2360. The molecule has 4 amide bonds. The number of benzene rings is 2. The number of amides is 4. The van der Waals surface area contributed by atoms with Crippen LogP contribution < -0.4 is 20.4 Å². The molecule has 15 heteroatoms. The van der Waals surface area contributed by atoms with Gasteiger partial charge in [-0.05, 0) is 98.7 Å². The number of aliphatic hydroxyl groups excluding tert-OH is 1. The van der Waals surface area contributed by atoms with Crippen LogP contribution in [-0.4, -0.2) is 85.1 Å². The molecular formula is C40H38FN9O5. The van der Waals surface area contributed by atoms with Crippen molar-refractivity contribution in [2.45, 2.75) is 56.8 Å². The second-order valence-corrected chi connectivity index (χ2v) is 14.5. The fraction of sp³-hybridized carbons (Fsp3) is 0.325. The number of fused-ring (bicyclic) bond motifs is 2. The van der Waals surface area contributed by atoms with E-state index in [1.165, 1.54) is 18.2 Å². The van der Waals surface area contributed by atoms with Crippen LogP contribution in [0.5, 0.6) is 0 Å². The van der Waals surface area contributed by atoms with E-state index in [0.29, 0.717) is 43.0 Å². The second kappa shape index (κ2) is 13.9. The van der Waals surface area contributed by atoms with Gasteiger partial charge in [-0.15, -0.1) is 5.10 Å². The van der Waals surface area contributed by atoms with Gasteiger partial charge in [0, 0.05) is 31.2 Å². The Labute approximate surface area is 315 Å². The van der Waals surface area contributed by atoms with Gasteiger partial charge in [-0.25, -0.2) is 18.9 Å². The summed E-state index contributed by atoms with van der Waals surface area (Å²) in [7, 11) is 0. The van der Waals surface area contributed by atoms with Crippen molar-refractivity contribution < 1.29 is 28.7 Å². The Balaban J connectivity index is 0.857. The number of hydrogen-bond donors (Lipinski definition) is 3. The molecule has 14 nitrogen and oxygen atoms in total. The van der Waals surface area contributed by atoms with Gasteiger partial charge in [0.2, 0.25) is 11.8 Å². The third-order valence-electron chi connectivity index (χ3n) is 11.1. The Morgan fingerprint density at radius 2 is 1.65 bits per heavy atom. The van der Waals surface area contributed by atoms with E-state index in [4.69, 9.17) is 10.1 Å². The first-order valence-electron chi connectivity index (χ1n) is 18.6. The molecule has 3 atom stereocenters. The number of pyridine rings is 1. The first-order valence-corrected chi connectivity index (χ1v) is 18.6. The summed E-state index contributed by atoms with van der Waals surface area (Å²) in [5.74, 6) is -0.889. The van der Waals surface area contributed by atoms with Crippen molar-refractivity contribution in [2.75, 3.05) is 34.8 Å². The van der Waals surface area contributed by atoms with Crippen molar-refractivity contribution in [3.8, 4) is 11.4 Å². The van der Waals surface area contributed by atoms with E-state index in [2.05, 4.69) is 25.4 Å². The minimum absolute atomic E-state index is 0.0301. The second-order valence-electron chi connectivity index (χ2n) is 14.5. The van der Waals surface area contributed by atoms with Crippen molar-refractivity contribution >= 4 is 46.6 Å². The lowest BCUT2D eigenvalue weighted by molar-refractivity contribution is -0.131. The Hall–Kier alpha value is -6.22. The molecule has 4 aliphatic rings. The van der Waals surface area contributed by atoms with Gasteiger partial charge < -0.3 is 25.5 Å². The first-order chi connectivity index (χ1) is 26.7. The molecule has 3 saturated heterocycles. The number of hydrogen-bond acceptors (Lipinski definition) is 10. The highest BCUT2D eigenvalue weighted by Gasteiger charge is 2.44. The zero-order valence-corrected chi connectivity index (χ0v) is 29.8. The van der Waals surface area contributed by atoms with E-state index in [-0.39, 0.29) is 47.7 Å². The number of nitrogens with one attached hydrogen (secondary N) is 2. The van der Waals surface area contributed by atoms with E-state index in [1.54, 1.807) is 28.9 Å². The minimum atomic E-state index is -1.01. The maximum Gasteiger partial charge on any atom is 0.262 e. The average molecular weight is 744 g/mol. The molecule has 0 aliphatic carbocycles. The molecule has 0 saturated carbocycles. The molecule has 0 radical (unpaired) electrons. The largest absolute Gasteiger partial charge is 0.374 e. The molecule has 3 fully saturated rings. The van der Waals surface area contributed by atoms with Crippen LogP contribution in [0, 0.1) is 11.7 Å². The van der Waals surface area contributed by atoms with E-state index >= 15 is 0 Å². The number of imidazole rings is 1. The fourth-order valence-electron chi connectivity index (χ4n) is 8.30. The van der Waals surface area contributed by atoms with E-state index < -0.39 is 30.0 Å². The summed E-state index contributed by atoms with van der Waals surface area (Å²) < 4.78 is 15.9. The van der Waals surface area contributed by atoms with Gasteiger partial charge in [0.05, 0.1) is 29.1 Å². The third kappa shape index (κ3) is 6.33. The number of aromatic nitrogens is 4. The predicted molar refractivity (Wildman–Crippen MR) is 200 cm³/mol. The summed E-state index contributed by atoms with van der Waals surface area (Å²) in [4.78, 5) is 67.1. The van der Waals surface area contributed by atoms with Crippen LogP contribution in [0.15, 0.2) is 79.0 Å². The van der Waals surface area contributed by atoms with Crippen LogP contribution in [-0.2, 0) is 9.59 Å². The molecule has 55 heavy (non-hydrogen) atoms. The van der Waals surface area contributed by atoms with Crippen LogP contribution in [0.4, 0.5) is 21.7 Å². The van der Waals surface area contributed by atoms with E-state index in [1.807, 2.05) is 36.4 Å². The topological polar surface area (TPSA) is 165 Å². The Morgan fingerprint density at radius 1 is 0.836 bits per heavy atom. The summed E-state index contributed by atoms with van der Waals surface area (Å²) in [5.41, 5.74) is 3.77. The highest BCUT2D eigenvalue weighted by atomic mass is 19.1. The average Bonchev–Trinajstić information content (AvgIpc) is 3.92. The molecule has 5 aromatic rings. The van der Waals surface area contributed by atoms with Gasteiger partial charge in [-0.3, -0.25) is 24.1 Å². The van der Waals surface area contributed by atoms with Crippen molar-refractivity contribution in [1.29, 1.82) is 0 Å². The van der Waals surface area contributed by atoms with Crippen molar-refractivity contribution in [1.82, 2.24) is 29.8 Å². The number of aliphatic hydroxyl groups is 1. The van der Waals surface area contributed by atoms with Crippen molar-refractivity contribution in [2.24, 2.45) is 5.92 Å². The lowest BCUT2D eigenvalue weighted by Gasteiger charge is -2.32. The molecule has 3 N–H and O–H groups in total. The normalized spacial score (nSPS) is 21.7. The number of nitrogens with zero attached hydrogens (tertiary/aromatic N) is 7. The number of halogens is 1. The van der Waals surface area contributed by atoms with Crippen LogP contribution in [0.3, 0.4) is 0 Å². The number of imide groups is 1. The molecule has 3 aromatic heterocycles. The molecule has 0 spiro atoms. The van der Waals surface area contributed by atoms with Crippen LogP contribution in [0.2, 0.25) is 0 Å². The van der Waals surface area contributed by atoms with Gasteiger partial charge in [-0.2, -0.15) is 0 Å². The highest BCUT2D eigenvalue weighted by Crippen LogP contribution is 2.36. The molecule has 0 bridgehead atoms. The van der Waals surface area contributed by atoms with Crippen molar-refractivity contribution in [3.05, 3.63) is 102 Å². The van der Waals surface area contributed by atoms with Crippen LogP contribution >= 0.6 is 0 Å². The summed E-state index contributed by atoms with van der Waals surface area (Å²) >= 11 is 0. The summed E-state index contributed by atoms with van der Waals surface area (Å²) in [5, 5.41) is 20.0. The predicted octanol–water partition coefficient (Wildman–Crippen LogP) is 4.32. The van der Waals surface area contributed by atoms with Gasteiger partial charge >= 0.3 is 0 Å².